The maximum Gasteiger partial charge on any atom is 0.226 e. The quantitative estimate of drug-likeness (QED) is 0.776. The van der Waals surface area contributed by atoms with Gasteiger partial charge < -0.3 is 9.80 Å². The number of rotatable bonds is 6. The van der Waals surface area contributed by atoms with Crippen LogP contribution in [0.4, 0.5) is 5.95 Å². The fourth-order valence-electron chi connectivity index (χ4n) is 3.61. The number of amides is 1. The first-order valence-corrected chi connectivity index (χ1v) is 10.0. The lowest BCUT2D eigenvalue weighted by atomic mass is 9.98. The van der Waals surface area contributed by atoms with Gasteiger partial charge in [0.2, 0.25) is 11.9 Å². The Balaban J connectivity index is 2.10. The molecule has 144 valence electrons. The lowest BCUT2D eigenvalue weighted by molar-refractivity contribution is -0.129. The van der Waals surface area contributed by atoms with Crippen molar-refractivity contribution in [2.45, 2.75) is 53.5 Å². The molecule has 5 heteroatoms. The van der Waals surface area contributed by atoms with E-state index in [4.69, 9.17) is 9.97 Å². The average Bonchev–Trinajstić information content (AvgIpc) is 2.67. The van der Waals surface area contributed by atoms with Crippen molar-refractivity contribution >= 4 is 11.9 Å². The number of fused-ring (bicyclic) bond motifs is 1. The van der Waals surface area contributed by atoms with E-state index >= 15 is 0 Å². The molecular formula is C22H30N4O. The number of nitrogens with zero attached hydrogens (tertiary/aromatic N) is 4. The molecule has 0 aliphatic carbocycles. The smallest absolute Gasteiger partial charge is 0.226 e. The van der Waals surface area contributed by atoms with Crippen molar-refractivity contribution in [1.29, 1.82) is 0 Å². The standard InChI is InChI=1S/C22H30N4O/c1-5-12-25(13-6-2)22-23-20-11-14-26(17(4)27)15-19(20)21(24-22)18-9-7-16(3)8-10-18/h7-10H,5-6,11-15H2,1-4H3. The van der Waals surface area contributed by atoms with Crippen molar-refractivity contribution in [1.82, 2.24) is 14.9 Å². The molecule has 1 aromatic heterocycles. The Morgan fingerprint density at radius 1 is 1.11 bits per heavy atom. The first-order chi connectivity index (χ1) is 13.0. The van der Waals surface area contributed by atoms with Gasteiger partial charge >= 0.3 is 0 Å². The number of hydrogen-bond acceptors (Lipinski definition) is 4. The van der Waals surface area contributed by atoms with Gasteiger partial charge in [-0.1, -0.05) is 43.7 Å². The molecular weight excluding hydrogens is 336 g/mol. The first-order valence-electron chi connectivity index (χ1n) is 10.0. The lowest BCUT2D eigenvalue weighted by Gasteiger charge is -2.30. The van der Waals surface area contributed by atoms with E-state index in [1.807, 2.05) is 4.90 Å². The van der Waals surface area contributed by atoms with Gasteiger partial charge in [-0.3, -0.25) is 4.79 Å². The number of carbonyl (C=O) groups excluding carboxylic acids is 1. The largest absolute Gasteiger partial charge is 0.341 e. The van der Waals surface area contributed by atoms with Gasteiger partial charge in [0.15, 0.2) is 0 Å². The molecule has 27 heavy (non-hydrogen) atoms. The lowest BCUT2D eigenvalue weighted by Crippen LogP contribution is -2.36. The van der Waals surface area contributed by atoms with E-state index in [0.717, 1.165) is 67.4 Å². The summed E-state index contributed by atoms with van der Waals surface area (Å²) in [6, 6.07) is 8.48. The summed E-state index contributed by atoms with van der Waals surface area (Å²) >= 11 is 0. The van der Waals surface area contributed by atoms with E-state index in [0.29, 0.717) is 6.54 Å². The van der Waals surface area contributed by atoms with Crippen LogP contribution in [0.15, 0.2) is 24.3 Å². The second kappa shape index (κ2) is 8.51. The highest BCUT2D eigenvalue weighted by atomic mass is 16.2. The molecule has 2 aromatic rings. The first kappa shape index (κ1) is 19.3. The van der Waals surface area contributed by atoms with E-state index in [2.05, 4.69) is 49.9 Å². The Hall–Kier alpha value is -2.43. The zero-order chi connectivity index (χ0) is 19.4. The molecule has 0 fully saturated rings. The Morgan fingerprint density at radius 3 is 2.37 bits per heavy atom. The molecule has 1 aromatic carbocycles. The second-order valence-electron chi connectivity index (χ2n) is 7.34. The second-order valence-corrected chi connectivity index (χ2v) is 7.34. The molecule has 0 atom stereocenters. The van der Waals surface area contributed by atoms with E-state index in [1.165, 1.54) is 5.56 Å². The summed E-state index contributed by atoms with van der Waals surface area (Å²) in [5.74, 6) is 0.933. The van der Waals surface area contributed by atoms with Crippen molar-refractivity contribution in [3.05, 3.63) is 41.1 Å². The van der Waals surface area contributed by atoms with Crippen molar-refractivity contribution in [3.63, 3.8) is 0 Å². The normalized spacial score (nSPS) is 13.4. The summed E-state index contributed by atoms with van der Waals surface area (Å²) < 4.78 is 0. The van der Waals surface area contributed by atoms with Gasteiger partial charge in [-0.15, -0.1) is 0 Å². The van der Waals surface area contributed by atoms with Crippen LogP contribution in [0.3, 0.4) is 0 Å². The number of anilines is 1. The van der Waals surface area contributed by atoms with Gasteiger partial charge in [-0.25, -0.2) is 9.97 Å². The maximum atomic E-state index is 11.9. The third-order valence-electron chi connectivity index (χ3n) is 5.09. The molecule has 1 aliphatic heterocycles. The maximum absolute atomic E-state index is 11.9. The van der Waals surface area contributed by atoms with Gasteiger partial charge in [-0.2, -0.15) is 0 Å². The summed E-state index contributed by atoms with van der Waals surface area (Å²) in [7, 11) is 0. The van der Waals surface area contributed by atoms with Crippen molar-refractivity contribution < 1.29 is 4.79 Å². The fourth-order valence-corrected chi connectivity index (χ4v) is 3.61. The summed E-state index contributed by atoms with van der Waals surface area (Å²) in [5, 5.41) is 0. The molecule has 0 unspecified atom stereocenters. The predicted octanol–water partition coefficient (Wildman–Crippen LogP) is 3.98. The van der Waals surface area contributed by atoms with Crippen LogP contribution in [-0.2, 0) is 17.8 Å². The Kier molecular flexibility index (Phi) is 6.09. The molecule has 0 N–H and O–H groups in total. The molecule has 0 radical (unpaired) electrons. The highest BCUT2D eigenvalue weighted by molar-refractivity contribution is 5.75. The SMILES string of the molecule is CCCN(CCC)c1nc2c(c(-c3ccc(C)cc3)n1)CN(C(C)=O)CC2. The molecule has 3 rings (SSSR count). The number of carbonyl (C=O) groups is 1. The van der Waals surface area contributed by atoms with Gasteiger partial charge in [0.25, 0.3) is 0 Å². The predicted molar refractivity (Wildman–Crippen MR) is 110 cm³/mol. The highest BCUT2D eigenvalue weighted by Gasteiger charge is 2.25. The summed E-state index contributed by atoms with van der Waals surface area (Å²) in [5.41, 5.74) is 5.48. The Morgan fingerprint density at radius 2 is 1.78 bits per heavy atom. The van der Waals surface area contributed by atoms with Crippen LogP contribution in [-0.4, -0.2) is 40.4 Å². The number of hydrogen-bond donors (Lipinski definition) is 0. The van der Waals surface area contributed by atoms with Crippen molar-refractivity contribution in [3.8, 4) is 11.3 Å². The van der Waals surface area contributed by atoms with Crippen molar-refractivity contribution in [2.24, 2.45) is 0 Å². The van der Waals surface area contributed by atoms with Crippen LogP contribution in [0.2, 0.25) is 0 Å². The van der Waals surface area contributed by atoms with Crippen LogP contribution in [0, 0.1) is 6.92 Å². The molecule has 0 saturated carbocycles. The minimum atomic E-state index is 0.109. The van der Waals surface area contributed by atoms with Gasteiger partial charge in [0, 0.05) is 50.7 Å². The van der Waals surface area contributed by atoms with E-state index < -0.39 is 0 Å². The fraction of sp³-hybridized carbons (Fsp3) is 0.500. The topological polar surface area (TPSA) is 49.3 Å². The molecule has 0 spiro atoms. The van der Waals surface area contributed by atoms with Crippen LogP contribution in [0.1, 0.15) is 50.4 Å². The third kappa shape index (κ3) is 4.29. The Bertz CT molecular complexity index is 795. The highest BCUT2D eigenvalue weighted by Crippen LogP contribution is 2.30. The van der Waals surface area contributed by atoms with Crippen LogP contribution >= 0.6 is 0 Å². The molecule has 0 bridgehead atoms. The Labute approximate surface area is 162 Å². The van der Waals surface area contributed by atoms with Gasteiger partial charge in [0.05, 0.1) is 11.4 Å². The monoisotopic (exact) mass is 366 g/mol. The van der Waals surface area contributed by atoms with E-state index in [-0.39, 0.29) is 5.91 Å². The summed E-state index contributed by atoms with van der Waals surface area (Å²) in [6.07, 6.45) is 2.92. The third-order valence-corrected chi connectivity index (χ3v) is 5.09. The summed E-state index contributed by atoms with van der Waals surface area (Å²) in [4.78, 5) is 26.0. The van der Waals surface area contributed by atoms with Crippen molar-refractivity contribution in [2.75, 3.05) is 24.5 Å². The number of benzene rings is 1. The minimum Gasteiger partial charge on any atom is -0.341 e. The zero-order valence-electron chi connectivity index (χ0n) is 17.0. The van der Waals surface area contributed by atoms with Crippen LogP contribution in [0.5, 0.6) is 0 Å². The summed E-state index contributed by atoms with van der Waals surface area (Å²) in [6.45, 7) is 11.3. The molecule has 0 saturated heterocycles. The van der Waals surface area contributed by atoms with E-state index in [9.17, 15) is 4.79 Å². The molecule has 2 heterocycles. The van der Waals surface area contributed by atoms with Gasteiger partial charge in [-0.05, 0) is 19.8 Å². The average molecular weight is 367 g/mol. The van der Waals surface area contributed by atoms with E-state index in [1.54, 1.807) is 6.92 Å². The minimum absolute atomic E-state index is 0.109. The molecule has 1 amide bonds. The zero-order valence-corrected chi connectivity index (χ0v) is 17.0. The molecule has 5 nitrogen and oxygen atoms in total. The molecule has 1 aliphatic rings. The number of aryl methyl sites for hydroxylation is 1. The number of aromatic nitrogens is 2. The van der Waals surface area contributed by atoms with Crippen LogP contribution < -0.4 is 4.90 Å². The van der Waals surface area contributed by atoms with Gasteiger partial charge in [0.1, 0.15) is 0 Å². The van der Waals surface area contributed by atoms with Crippen LogP contribution in [0.25, 0.3) is 11.3 Å².